The van der Waals surface area contributed by atoms with Crippen molar-refractivity contribution in [1.29, 1.82) is 0 Å². The monoisotopic (exact) mass is 192 g/mol. The zero-order valence-corrected chi connectivity index (χ0v) is 9.79. The van der Waals surface area contributed by atoms with Gasteiger partial charge < -0.3 is 4.74 Å². The predicted molar refractivity (Wildman–Crippen MR) is 60.6 cm³/mol. The van der Waals surface area contributed by atoms with Gasteiger partial charge >= 0.3 is 0 Å². The molecule has 0 atom stereocenters. The highest BCUT2D eigenvalue weighted by Gasteiger charge is 2.18. The van der Waals surface area contributed by atoms with Crippen molar-refractivity contribution in [1.82, 2.24) is 0 Å². The molecule has 0 aliphatic rings. The molecular weight excluding hydrogens is 172 g/mol. The Morgan fingerprint density at radius 1 is 1.07 bits per heavy atom. The highest BCUT2D eigenvalue weighted by molar-refractivity contribution is 5.28. The van der Waals surface area contributed by atoms with E-state index in [1.807, 2.05) is 0 Å². The van der Waals surface area contributed by atoms with Gasteiger partial charge in [-0.2, -0.15) is 0 Å². The lowest BCUT2D eigenvalue weighted by atomic mass is 9.94. The van der Waals surface area contributed by atoms with E-state index in [2.05, 4.69) is 52.0 Å². The number of ether oxygens (including phenoxy) is 1. The van der Waals surface area contributed by atoms with Crippen LogP contribution >= 0.6 is 0 Å². The Morgan fingerprint density at radius 3 is 1.93 bits per heavy atom. The Balaban J connectivity index is 2.94. The molecule has 0 spiro atoms. The van der Waals surface area contributed by atoms with Crippen molar-refractivity contribution in [2.45, 2.75) is 39.2 Å². The van der Waals surface area contributed by atoms with E-state index in [9.17, 15) is 0 Å². The molecular formula is C13H20O. The first kappa shape index (κ1) is 11.3. The number of benzene rings is 1. The molecule has 0 fully saturated rings. The number of rotatable bonds is 3. The summed E-state index contributed by atoms with van der Waals surface area (Å²) >= 11 is 0. The highest BCUT2D eigenvalue weighted by atomic mass is 16.5. The molecule has 0 saturated heterocycles. The molecule has 0 bridgehead atoms. The zero-order chi connectivity index (χ0) is 10.8. The lowest BCUT2D eigenvalue weighted by Gasteiger charge is -2.23. The third-order valence-corrected chi connectivity index (χ3v) is 2.78. The summed E-state index contributed by atoms with van der Waals surface area (Å²) in [4.78, 5) is 0. The van der Waals surface area contributed by atoms with Gasteiger partial charge in [0.15, 0.2) is 0 Å². The van der Waals surface area contributed by atoms with Gasteiger partial charge in [-0.25, -0.2) is 0 Å². The quantitative estimate of drug-likeness (QED) is 0.709. The van der Waals surface area contributed by atoms with Gasteiger partial charge in [-0.05, 0) is 30.9 Å². The molecule has 0 amide bonds. The maximum Gasteiger partial charge on any atom is 0.0871 e. The van der Waals surface area contributed by atoms with E-state index in [1.165, 1.54) is 11.1 Å². The summed E-state index contributed by atoms with van der Waals surface area (Å²) < 4.78 is 5.42. The predicted octanol–water partition coefficient (Wildman–Crippen LogP) is 3.69. The fraction of sp³-hybridized carbons (Fsp3) is 0.538. The first-order chi connectivity index (χ1) is 6.47. The van der Waals surface area contributed by atoms with E-state index in [1.54, 1.807) is 7.11 Å². The van der Waals surface area contributed by atoms with Crippen LogP contribution in [-0.4, -0.2) is 7.11 Å². The van der Waals surface area contributed by atoms with Crippen LogP contribution in [0.15, 0.2) is 24.3 Å². The molecule has 14 heavy (non-hydrogen) atoms. The van der Waals surface area contributed by atoms with Crippen molar-refractivity contribution in [3.05, 3.63) is 35.4 Å². The van der Waals surface area contributed by atoms with Crippen molar-refractivity contribution in [3.8, 4) is 0 Å². The van der Waals surface area contributed by atoms with Crippen LogP contribution in [0.25, 0.3) is 0 Å². The summed E-state index contributed by atoms with van der Waals surface area (Å²) in [5, 5.41) is 0. The average molecular weight is 192 g/mol. The van der Waals surface area contributed by atoms with E-state index in [0.717, 1.165) is 0 Å². The molecule has 0 N–H and O–H groups in total. The summed E-state index contributed by atoms with van der Waals surface area (Å²) in [5.41, 5.74) is 2.42. The van der Waals surface area contributed by atoms with Crippen LogP contribution in [0.1, 0.15) is 44.7 Å². The number of hydrogen-bond donors (Lipinski definition) is 0. The van der Waals surface area contributed by atoms with Gasteiger partial charge in [-0.15, -0.1) is 0 Å². The SMILES string of the molecule is COC(C)(C)c1ccc(C(C)C)cc1. The fourth-order valence-electron chi connectivity index (χ4n) is 1.39. The minimum absolute atomic E-state index is 0.185. The van der Waals surface area contributed by atoms with Crippen LogP contribution in [0.4, 0.5) is 0 Å². The minimum atomic E-state index is -0.185. The van der Waals surface area contributed by atoms with Crippen LogP contribution in [0.2, 0.25) is 0 Å². The smallest absolute Gasteiger partial charge is 0.0871 e. The summed E-state index contributed by atoms with van der Waals surface area (Å²) in [7, 11) is 1.75. The van der Waals surface area contributed by atoms with Gasteiger partial charge in [-0.1, -0.05) is 38.1 Å². The van der Waals surface area contributed by atoms with Gasteiger partial charge in [0.25, 0.3) is 0 Å². The van der Waals surface area contributed by atoms with Crippen molar-refractivity contribution < 1.29 is 4.74 Å². The first-order valence-corrected chi connectivity index (χ1v) is 5.13. The number of hydrogen-bond acceptors (Lipinski definition) is 1. The normalized spacial score (nSPS) is 12.1. The molecule has 0 aliphatic carbocycles. The Hall–Kier alpha value is -0.820. The van der Waals surface area contributed by atoms with Gasteiger partial charge in [0.2, 0.25) is 0 Å². The molecule has 78 valence electrons. The van der Waals surface area contributed by atoms with Gasteiger partial charge in [-0.3, -0.25) is 0 Å². The highest BCUT2D eigenvalue weighted by Crippen LogP contribution is 2.25. The molecule has 1 rings (SSSR count). The Labute approximate surface area is 87.1 Å². The molecule has 0 aliphatic heterocycles. The standard InChI is InChI=1S/C13H20O/c1-10(2)11-6-8-12(9-7-11)13(3,4)14-5/h6-10H,1-5H3. The van der Waals surface area contributed by atoms with E-state index in [-0.39, 0.29) is 5.60 Å². The van der Waals surface area contributed by atoms with Crippen molar-refractivity contribution in [3.63, 3.8) is 0 Å². The first-order valence-electron chi connectivity index (χ1n) is 5.13. The molecule has 0 aromatic heterocycles. The average Bonchev–Trinajstić information content (AvgIpc) is 2.18. The third-order valence-electron chi connectivity index (χ3n) is 2.78. The van der Waals surface area contributed by atoms with E-state index in [4.69, 9.17) is 4.74 Å². The van der Waals surface area contributed by atoms with E-state index < -0.39 is 0 Å². The molecule has 0 radical (unpaired) electrons. The topological polar surface area (TPSA) is 9.23 Å². The maximum absolute atomic E-state index is 5.42. The van der Waals surface area contributed by atoms with Crippen LogP contribution in [0.3, 0.4) is 0 Å². The lowest BCUT2D eigenvalue weighted by Crippen LogP contribution is -2.19. The number of methoxy groups -OCH3 is 1. The molecule has 0 unspecified atom stereocenters. The molecule has 1 nitrogen and oxygen atoms in total. The Morgan fingerprint density at radius 2 is 1.57 bits per heavy atom. The van der Waals surface area contributed by atoms with Crippen LogP contribution < -0.4 is 0 Å². The van der Waals surface area contributed by atoms with Crippen molar-refractivity contribution >= 4 is 0 Å². The zero-order valence-electron chi connectivity index (χ0n) is 9.79. The van der Waals surface area contributed by atoms with Crippen molar-refractivity contribution in [2.75, 3.05) is 7.11 Å². The summed E-state index contributed by atoms with van der Waals surface area (Å²) in [5.74, 6) is 0.592. The largest absolute Gasteiger partial charge is 0.374 e. The summed E-state index contributed by atoms with van der Waals surface area (Å²) in [6.07, 6.45) is 0. The Bertz CT molecular complexity index is 283. The minimum Gasteiger partial charge on any atom is -0.374 e. The lowest BCUT2D eigenvalue weighted by molar-refractivity contribution is 0.0192. The second kappa shape index (κ2) is 4.14. The molecule has 1 heteroatoms. The fourth-order valence-corrected chi connectivity index (χ4v) is 1.39. The third kappa shape index (κ3) is 2.36. The molecule has 1 aromatic carbocycles. The van der Waals surface area contributed by atoms with E-state index >= 15 is 0 Å². The summed E-state index contributed by atoms with van der Waals surface area (Å²) in [6, 6.07) is 8.67. The second-order valence-electron chi connectivity index (χ2n) is 4.49. The van der Waals surface area contributed by atoms with Gasteiger partial charge in [0, 0.05) is 7.11 Å². The maximum atomic E-state index is 5.42. The van der Waals surface area contributed by atoms with E-state index in [0.29, 0.717) is 5.92 Å². The molecule has 0 heterocycles. The van der Waals surface area contributed by atoms with Gasteiger partial charge in [0.05, 0.1) is 5.60 Å². The van der Waals surface area contributed by atoms with Crippen LogP contribution in [0, 0.1) is 0 Å². The second-order valence-corrected chi connectivity index (χ2v) is 4.49. The summed E-state index contributed by atoms with van der Waals surface area (Å²) in [6.45, 7) is 8.57. The van der Waals surface area contributed by atoms with Crippen molar-refractivity contribution in [2.24, 2.45) is 0 Å². The molecule has 1 aromatic rings. The van der Waals surface area contributed by atoms with Crippen LogP contribution in [0.5, 0.6) is 0 Å². The van der Waals surface area contributed by atoms with Gasteiger partial charge in [0.1, 0.15) is 0 Å². The Kier molecular flexibility index (Phi) is 3.33. The molecule has 0 saturated carbocycles. The van der Waals surface area contributed by atoms with Crippen LogP contribution in [-0.2, 0) is 10.3 Å².